The Kier molecular flexibility index (Phi) is 5.59. The van der Waals surface area contributed by atoms with Crippen LogP contribution in [-0.2, 0) is 16.1 Å². The van der Waals surface area contributed by atoms with Crippen LogP contribution in [0.4, 0.5) is 4.39 Å². The van der Waals surface area contributed by atoms with E-state index in [2.05, 4.69) is 0 Å². The van der Waals surface area contributed by atoms with Crippen molar-refractivity contribution in [1.82, 2.24) is 9.80 Å². The van der Waals surface area contributed by atoms with E-state index in [0.29, 0.717) is 49.1 Å². The van der Waals surface area contributed by atoms with Gasteiger partial charge in [-0.15, -0.1) is 0 Å². The summed E-state index contributed by atoms with van der Waals surface area (Å²) in [6, 6.07) is 4.95. The van der Waals surface area contributed by atoms with E-state index in [9.17, 15) is 14.0 Å². The number of halogens is 2. The third-order valence-corrected chi connectivity index (χ3v) is 5.43. The standard InChI is InChI=1S/C18H23ClFN3O2/c19-15-2-1-3-16(20)14(15)10-23(13-4-5-13)11-17(24)22-8-6-12(7-9-22)18(21)25/h1-3,12-13H,4-11H2,(H2,21,25). The molecule has 2 N–H and O–H groups in total. The molecule has 0 radical (unpaired) electrons. The Morgan fingerprint density at radius 2 is 1.92 bits per heavy atom. The molecular weight excluding hydrogens is 345 g/mol. The van der Waals surface area contributed by atoms with Crippen LogP contribution in [0.3, 0.4) is 0 Å². The van der Waals surface area contributed by atoms with E-state index in [-0.39, 0.29) is 30.1 Å². The number of likely N-dealkylation sites (tertiary alicyclic amines) is 1. The molecule has 1 heterocycles. The van der Waals surface area contributed by atoms with Gasteiger partial charge in [0.15, 0.2) is 0 Å². The number of carbonyl (C=O) groups is 2. The first-order valence-corrected chi connectivity index (χ1v) is 9.07. The predicted octanol–water partition coefficient (Wildman–Crippen LogP) is 2.17. The van der Waals surface area contributed by atoms with Gasteiger partial charge in [0, 0.05) is 42.2 Å². The number of hydrogen-bond acceptors (Lipinski definition) is 3. The third-order valence-electron chi connectivity index (χ3n) is 5.07. The Hall–Kier alpha value is -1.66. The molecule has 3 rings (SSSR count). The van der Waals surface area contributed by atoms with Gasteiger partial charge in [0.1, 0.15) is 5.82 Å². The van der Waals surface area contributed by atoms with Gasteiger partial charge in [-0.2, -0.15) is 0 Å². The van der Waals surface area contributed by atoms with E-state index in [1.807, 2.05) is 4.90 Å². The minimum Gasteiger partial charge on any atom is -0.369 e. The van der Waals surface area contributed by atoms with Crippen molar-refractivity contribution in [2.45, 2.75) is 38.3 Å². The summed E-state index contributed by atoms with van der Waals surface area (Å²) in [6.07, 6.45) is 3.26. The van der Waals surface area contributed by atoms with Gasteiger partial charge in [-0.05, 0) is 37.8 Å². The van der Waals surface area contributed by atoms with Crippen LogP contribution in [-0.4, -0.2) is 47.3 Å². The van der Waals surface area contributed by atoms with Crippen LogP contribution in [0.1, 0.15) is 31.2 Å². The van der Waals surface area contributed by atoms with Gasteiger partial charge >= 0.3 is 0 Å². The molecule has 25 heavy (non-hydrogen) atoms. The Balaban J connectivity index is 1.61. The molecule has 1 aromatic carbocycles. The first-order chi connectivity index (χ1) is 12.0. The quantitative estimate of drug-likeness (QED) is 0.837. The number of piperidine rings is 1. The Labute approximate surface area is 151 Å². The molecule has 0 spiro atoms. The van der Waals surface area contributed by atoms with Gasteiger partial charge in [0.05, 0.1) is 6.54 Å². The number of amides is 2. The Morgan fingerprint density at radius 3 is 2.48 bits per heavy atom. The second-order valence-corrected chi connectivity index (χ2v) is 7.30. The van der Waals surface area contributed by atoms with Crippen molar-refractivity contribution in [1.29, 1.82) is 0 Å². The summed E-state index contributed by atoms with van der Waals surface area (Å²) in [5.74, 6) is -0.753. The summed E-state index contributed by atoms with van der Waals surface area (Å²) in [5.41, 5.74) is 5.77. The third kappa shape index (κ3) is 4.50. The first kappa shape index (κ1) is 18.1. The number of rotatable bonds is 6. The van der Waals surface area contributed by atoms with Crippen LogP contribution in [0, 0.1) is 11.7 Å². The molecular formula is C18H23ClFN3O2. The van der Waals surface area contributed by atoms with Gasteiger partial charge in [-0.25, -0.2) is 4.39 Å². The van der Waals surface area contributed by atoms with E-state index in [1.54, 1.807) is 17.0 Å². The fraction of sp³-hybridized carbons (Fsp3) is 0.556. The van der Waals surface area contributed by atoms with E-state index in [1.165, 1.54) is 6.07 Å². The van der Waals surface area contributed by atoms with Gasteiger partial charge in [0.25, 0.3) is 0 Å². The fourth-order valence-electron chi connectivity index (χ4n) is 3.33. The van der Waals surface area contributed by atoms with E-state index < -0.39 is 0 Å². The lowest BCUT2D eigenvalue weighted by Gasteiger charge is -2.32. The summed E-state index contributed by atoms with van der Waals surface area (Å²) in [5, 5.41) is 0.389. The molecule has 5 nitrogen and oxygen atoms in total. The van der Waals surface area contributed by atoms with Crippen molar-refractivity contribution >= 4 is 23.4 Å². The molecule has 1 aliphatic carbocycles. The highest BCUT2D eigenvalue weighted by atomic mass is 35.5. The summed E-state index contributed by atoms with van der Waals surface area (Å²) in [6.45, 7) is 1.67. The second-order valence-electron chi connectivity index (χ2n) is 6.89. The second kappa shape index (κ2) is 7.70. The molecule has 0 aromatic heterocycles. The van der Waals surface area contributed by atoms with Crippen LogP contribution >= 0.6 is 11.6 Å². The maximum atomic E-state index is 14.1. The lowest BCUT2D eigenvalue weighted by molar-refractivity contribution is -0.136. The molecule has 7 heteroatoms. The highest BCUT2D eigenvalue weighted by molar-refractivity contribution is 6.31. The average Bonchev–Trinajstić information content (AvgIpc) is 3.42. The van der Waals surface area contributed by atoms with Crippen LogP contribution in [0.5, 0.6) is 0 Å². The molecule has 136 valence electrons. The Morgan fingerprint density at radius 1 is 1.24 bits per heavy atom. The zero-order chi connectivity index (χ0) is 18.0. The van der Waals surface area contributed by atoms with Gasteiger partial charge in [-0.3, -0.25) is 14.5 Å². The molecule has 0 bridgehead atoms. The summed E-state index contributed by atoms with van der Waals surface area (Å²) in [7, 11) is 0. The number of primary amides is 1. The van der Waals surface area contributed by atoms with Gasteiger partial charge in [0.2, 0.25) is 11.8 Å². The van der Waals surface area contributed by atoms with Crippen LogP contribution in [0.2, 0.25) is 5.02 Å². The number of benzene rings is 1. The van der Waals surface area contributed by atoms with Crippen molar-refractivity contribution in [2.24, 2.45) is 11.7 Å². The van der Waals surface area contributed by atoms with E-state index >= 15 is 0 Å². The highest BCUT2D eigenvalue weighted by Crippen LogP contribution is 2.30. The maximum Gasteiger partial charge on any atom is 0.236 e. The molecule has 2 fully saturated rings. The maximum absolute atomic E-state index is 14.1. The van der Waals surface area contributed by atoms with E-state index in [4.69, 9.17) is 17.3 Å². The van der Waals surface area contributed by atoms with Crippen molar-refractivity contribution in [3.05, 3.63) is 34.6 Å². The smallest absolute Gasteiger partial charge is 0.236 e. The molecule has 0 atom stereocenters. The largest absolute Gasteiger partial charge is 0.369 e. The fourth-order valence-corrected chi connectivity index (χ4v) is 3.55. The van der Waals surface area contributed by atoms with Crippen LogP contribution in [0.15, 0.2) is 18.2 Å². The normalized spacial score (nSPS) is 18.6. The zero-order valence-electron chi connectivity index (χ0n) is 14.1. The van der Waals surface area contributed by atoms with Crippen molar-refractivity contribution in [2.75, 3.05) is 19.6 Å². The number of nitrogens with zero attached hydrogens (tertiary/aromatic N) is 2. The molecule has 1 saturated heterocycles. The lowest BCUT2D eigenvalue weighted by Crippen LogP contribution is -2.46. The summed E-state index contributed by atoms with van der Waals surface area (Å²) in [4.78, 5) is 27.6. The van der Waals surface area contributed by atoms with Crippen LogP contribution in [0.25, 0.3) is 0 Å². The molecule has 1 aromatic rings. The van der Waals surface area contributed by atoms with E-state index in [0.717, 1.165) is 12.8 Å². The highest BCUT2D eigenvalue weighted by Gasteiger charge is 2.33. The van der Waals surface area contributed by atoms with Crippen molar-refractivity contribution in [3.8, 4) is 0 Å². The average molecular weight is 368 g/mol. The SMILES string of the molecule is NC(=O)C1CCN(C(=O)CN(Cc2c(F)cccc2Cl)C2CC2)CC1. The minimum absolute atomic E-state index is 0.0160. The molecule has 1 saturated carbocycles. The number of carbonyl (C=O) groups excluding carboxylic acids is 2. The lowest BCUT2D eigenvalue weighted by atomic mass is 9.96. The van der Waals surface area contributed by atoms with Gasteiger partial charge in [-0.1, -0.05) is 17.7 Å². The van der Waals surface area contributed by atoms with Gasteiger partial charge < -0.3 is 10.6 Å². The molecule has 2 amide bonds. The molecule has 1 aliphatic heterocycles. The monoisotopic (exact) mass is 367 g/mol. The minimum atomic E-state index is -0.340. The predicted molar refractivity (Wildman–Crippen MR) is 93.3 cm³/mol. The Bertz CT molecular complexity index is 637. The molecule has 2 aliphatic rings. The first-order valence-electron chi connectivity index (χ1n) is 8.69. The number of hydrogen-bond donors (Lipinski definition) is 1. The summed E-state index contributed by atoms with van der Waals surface area (Å²) >= 11 is 6.12. The van der Waals surface area contributed by atoms with Crippen molar-refractivity contribution < 1.29 is 14.0 Å². The number of nitrogens with two attached hydrogens (primary N) is 1. The summed E-state index contributed by atoms with van der Waals surface area (Å²) < 4.78 is 14.1. The molecule has 0 unspecified atom stereocenters. The topological polar surface area (TPSA) is 66.6 Å². The van der Waals surface area contributed by atoms with Crippen molar-refractivity contribution in [3.63, 3.8) is 0 Å². The van der Waals surface area contributed by atoms with Crippen LogP contribution < -0.4 is 5.73 Å². The zero-order valence-corrected chi connectivity index (χ0v) is 14.8.